The van der Waals surface area contributed by atoms with Crippen LogP contribution in [0.25, 0.3) is 0 Å². The lowest BCUT2D eigenvalue weighted by atomic mass is 9.92. The Kier molecular flexibility index (Phi) is 4.47. The minimum Gasteiger partial charge on any atom is -0.356 e. The molecule has 4 heteroatoms. The van der Waals surface area contributed by atoms with E-state index in [1.807, 2.05) is 12.3 Å². The summed E-state index contributed by atoms with van der Waals surface area (Å²) in [4.78, 5) is 15.9. The normalized spacial score (nSPS) is 11.5. The molecule has 90 valence electrons. The lowest BCUT2D eigenvalue weighted by Crippen LogP contribution is -2.29. The molecule has 1 rings (SSSR count). The first-order valence-electron chi connectivity index (χ1n) is 5.54. The van der Waals surface area contributed by atoms with Gasteiger partial charge in [-0.15, -0.1) is 11.3 Å². The largest absolute Gasteiger partial charge is 0.356 e. The number of thiazole rings is 1. The Labute approximate surface area is 101 Å². The van der Waals surface area contributed by atoms with Crippen LogP contribution in [0.3, 0.4) is 0 Å². The third-order valence-corrected chi connectivity index (χ3v) is 3.04. The van der Waals surface area contributed by atoms with E-state index in [1.54, 1.807) is 11.3 Å². The summed E-state index contributed by atoms with van der Waals surface area (Å²) in [6, 6.07) is 0. The summed E-state index contributed by atoms with van der Waals surface area (Å²) < 4.78 is 0. The second kappa shape index (κ2) is 5.43. The minimum atomic E-state index is 0.0574. The molecule has 0 fully saturated rings. The topological polar surface area (TPSA) is 42.0 Å². The molecular formula is C12H20N2OS. The van der Waals surface area contributed by atoms with Crippen molar-refractivity contribution in [1.82, 2.24) is 10.3 Å². The number of hydrogen-bond acceptors (Lipinski definition) is 3. The van der Waals surface area contributed by atoms with Crippen molar-refractivity contribution in [3.05, 3.63) is 16.1 Å². The predicted molar refractivity (Wildman–Crippen MR) is 67.6 cm³/mol. The molecule has 16 heavy (non-hydrogen) atoms. The number of amides is 1. The Hall–Kier alpha value is -0.900. The predicted octanol–water partition coefficient (Wildman–Crippen LogP) is 2.55. The molecule has 0 saturated heterocycles. The smallest absolute Gasteiger partial charge is 0.220 e. The van der Waals surface area contributed by atoms with Crippen molar-refractivity contribution in [2.75, 3.05) is 6.54 Å². The second-order valence-corrected chi connectivity index (χ2v) is 6.16. The van der Waals surface area contributed by atoms with Crippen LogP contribution in [0.15, 0.2) is 5.38 Å². The fourth-order valence-electron chi connectivity index (χ4n) is 1.37. The molecule has 1 heterocycles. The Bertz CT molecular complexity index is 352. The SMILES string of the molecule is Cc1csc(CCNC(=O)CC(C)(C)C)n1. The molecule has 1 aromatic rings. The molecular weight excluding hydrogens is 220 g/mol. The molecule has 0 aromatic carbocycles. The van der Waals surface area contributed by atoms with Gasteiger partial charge >= 0.3 is 0 Å². The van der Waals surface area contributed by atoms with Crippen molar-refractivity contribution >= 4 is 17.2 Å². The van der Waals surface area contributed by atoms with Gasteiger partial charge in [0.05, 0.1) is 5.01 Å². The van der Waals surface area contributed by atoms with Crippen LogP contribution in [-0.2, 0) is 11.2 Å². The number of nitrogens with zero attached hydrogens (tertiary/aromatic N) is 1. The number of aryl methyl sites for hydroxylation is 1. The van der Waals surface area contributed by atoms with Gasteiger partial charge in [-0.25, -0.2) is 4.98 Å². The molecule has 1 amide bonds. The zero-order chi connectivity index (χ0) is 12.2. The highest BCUT2D eigenvalue weighted by atomic mass is 32.1. The average molecular weight is 240 g/mol. The number of carbonyl (C=O) groups is 1. The summed E-state index contributed by atoms with van der Waals surface area (Å²) in [5.41, 5.74) is 1.11. The molecule has 0 aliphatic carbocycles. The van der Waals surface area contributed by atoms with Crippen molar-refractivity contribution in [3.8, 4) is 0 Å². The highest BCUT2D eigenvalue weighted by Crippen LogP contribution is 2.17. The van der Waals surface area contributed by atoms with Gasteiger partial charge in [-0.2, -0.15) is 0 Å². The number of carbonyl (C=O) groups excluding carboxylic acids is 1. The molecule has 0 saturated carbocycles. The number of rotatable bonds is 4. The third-order valence-electron chi connectivity index (χ3n) is 2.02. The fraction of sp³-hybridized carbons (Fsp3) is 0.667. The van der Waals surface area contributed by atoms with E-state index in [0.29, 0.717) is 13.0 Å². The van der Waals surface area contributed by atoms with E-state index in [9.17, 15) is 4.79 Å². The molecule has 0 aliphatic rings. The van der Waals surface area contributed by atoms with Gasteiger partial charge in [0.15, 0.2) is 0 Å². The van der Waals surface area contributed by atoms with Gasteiger partial charge in [0, 0.05) is 30.5 Å². The van der Waals surface area contributed by atoms with E-state index < -0.39 is 0 Å². The van der Waals surface area contributed by atoms with Gasteiger partial charge in [-0.3, -0.25) is 4.79 Å². The molecule has 0 radical (unpaired) electrons. The van der Waals surface area contributed by atoms with Crippen LogP contribution in [0, 0.1) is 12.3 Å². The molecule has 0 bridgehead atoms. The summed E-state index contributed by atoms with van der Waals surface area (Å²) in [5, 5.41) is 6.05. The van der Waals surface area contributed by atoms with Gasteiger partial charge in [0.25, 0.3) is 0 Å². The minimum absolute atomic E-state index is 0.0574. The Morgan fingerprint density at radius 3 is 2.69 bits per heavy atom. The van der Waals surface area contributed by atoms with Crippen LogP contribution in [0.4, 0.5) is 0 Å². The van der Waals surface area contributed by atoms with E-state index in [-0.39, 0.29) is 11.3 Å². The van der Waals surface area contributed by atoms with Crippen molar-refractivity contribution < 1.29 is 4.79 Å². The van der Waals surface area contributed by atoms with E-state index in [1.165, 1.54) is 0 Å². The molecule has 3 nitrogen and oxygen atoms in total. The van der Waals surface area contributed by atoms with Crippen LogP contribution < -0.4 is 5.32 Å². The maximum Gasteiger partial charge on any atom is 0.220 e. The number of nitrogens with one attached hydrogen (secondary N) is 1. The van der Waals surface area contributed by atoms with E-state index in [0.717, 1.165) is 17.1 Å². The zero-order valence-corrected chi connectivity index (χ0v) is 11.3. The maximum absolute atomic E-state index is 11.5. The van der Waals surface area contributed by atoms with Crippen molar-refractivity contribution in [1.29, 1.82) is 0 Å². The lowest BCUT2D eigenvalue weighted by Gasteiger charge is -2.16. The molecule has 0 unspecified atom stereocenters. The van der Waals surface area contributed by atoms with Gasteiger partial charge < -0.3 is 5.32 Å². The van der Waals surface area contributed by atoms with Gasteiger partial charge in [-0.1, -0.05) is 20.8 Å². The molecule has 0 atom stereocenters. The Balaban J connectivity index is 2.23. The first-order chi connectivity index (χ1) is 7.37. The van der Waals surface area contributed by atoms with Gasteiger partial charge in [0.1, 0.15) is 0 Å². The fourth-order valence-corrected chi connectivity index (χ4v) is 2.15. The van der Waals surface area contributed by atoms with E-state index >= 15 is 0 Å². The van der Waals surface area contributed by atoms with Crippen LogP contribution in [-0.4, -0.2) is 17.4 Å². The highest BCUT2D eigenvalue weighted by molar-refractivity contribution is 7.09. The maximum atomic E-state index is 11.5. The molecule has 0 aliphatic heterocycles. The van der Waals surface area contributed by atoms with E-state index in [4.69, 9.17) is 0 Å². The Morgan fingerprint density at radius 1 is 1.50 bits per heavy atom. The summed E-state index contributed by atoms with van der Waals surface area (Å²) in [7, 11) is 0. The van der Waals surface area contributed by atoms with E-state index in [2.05, 4.69) is 31.1 Å². The van der Waals surface area contributed by atoms with Crippen molar-refractivity contribution in [2.24, 2.45) is 5.41 Å². The second-order valence-electron chi connectivity index (χ2n) is 5.22. The molecule has 0 spiro atoms. The molecule has 1 aromatic heterocycles. The highest BCUT2D eigenvalue weighted by Gasteiger charge is 2.15. The monoisotopic (exact) mass is 240 g/mol. The number of hydrogen-bond donors (Lipinski definition) is 1. The summed E-state index contributed by atoms with van der Waals surface area (Å²) in [5.74, 6) is 0.126. The summed E-state index contributed by atoms with van der Waals surface area (Å²) in [6.07, 6.45) is 1.40. The van der Waals surface area contributed by atoms with Gasteiger partial charge in [0.2, 0.25) is 5.91 Å². The van der Waals surface area contributed by atoms with Crippen LogP contribution in [0.2, 0.25) is 0 Å². The van der Waals surface area contributed by atoms with Gasteiger partial charge in [-0.05, 0) is 12.3 Å². The average Bonchev–Trinajstić information content (AvgIpc) is 2.48. The quantitative estimate of drug-likeness (QED) is 0.878. The summed E-state index contributed by atoms with van der Waals surface area (Å²) in [6.45, 7) is 8.87. The summed E-state index contributed by atoms with van der Waals surface area (Å²) >= 11 is 1.65. The lowest BCUT2D eigenvalue weighted by molar-refractivity contribution is -0.122. The first-order valence-corrected chi connectivity index (χ1v) is 6.42. The zero-order valence-electron chi connectivity index (χ0n) is 10.5. The molecule has 1 N–H and O–H groups in total. The standard InChI is InChI=1S/C12H20N2OS/c1-9-8-16-11(14-9)5-6-13-10(15)7-12(2,3)4/h8H,5-7H2,1-4H3,(H,13,15). The van der Waals surface area contributed by atoms with Crippen LogP contribution in [0.5, 0.6) is 0 Å². The third kappa shape index (κ3) is 5.26. The van der Waals surface area contributed by atoms with Crippen LogP contribution in [0.1, 0.15) is 37.9 Å². The first kappa shape index (κ1) is 13.2. The van der Waals surface area contributed by atoms with Crippen molar-refractivity contribution in [3.63, 3.8) is 0 Å². The Morgan fingerprint density at radius 2 is 2.19 bits per heavy atom. The number of aromatic nitrogens is 1. The van der Waals surface area contributed by atoms with Crippen LogP contribution >= 0.6 is 11.3 Å². The van der Waals surface area contributed by atoms with Crippen molar-refractivity contribution in [2.45, 2.75) is 40.5 Å².